The maximum atomic E-state index is 14.0. The largest absolute Gasteiger partial charge is 0.403 e. The summed E-state index contributed by atoms with van der Waals surface area (Å²) in [6.07, 6.45) is -4.93. The lowest BCUT2D eigenvalue weighted by Gasteiger charge is -2.39. The third-order valence-corrected chi connectivity index (χ3v) is 6.39. The minimum Gasteiger partial charge on any atom is -0.368 e. The summed E-state index contributed by atoms with van der Waals surface area (Å²) in [6.45, 7) is 5.48. The minimum absolute atomic E-state index is 0.250. The van der Waals surface area contributed by atoms with Gasteiger partial charge in [0.2, 0.25) is 5.91 Å². The normalized spacial score (nSPS) is 24.1. The van der Waals surface area contributed by atoms with Crippen molar-refractivity contribution in [2.45, 2.75) is 32.4 Å². The minimum atomic E-state index is -4.65. The van der Waals surface area contributed by atoms with Crippen LogP contribution < -0.4 is 4.90 Å². The number of nitrogens with zero attached hydrogens (tertiary/aromatic N) is 2. The molecule has 1 saturated heterocycles. The van der Waals surface area contributed by atoms with Crippen LogP contribution in [0.5, 0.6) is 0 Å². The number of aryl methyl sites for hydroxylation is 2. The summed E-state index contributed by atoms with van der Waals surface area (Å²) in [6, 6.07) is 11.1. The van der Waals surface area contributed by atoms with E-state index in [1.54, 1.807) is 0 Å². The highest BCUT2D eigenvalue weighted by molar-refractivity contribution is 5.89. The molecule has 1 heterocycles. The van der Waals surface area contributed by atoms with Crippen LogP contribution in [0.1, 0.15) is 29.0 Å². The first-order valence-electron chi connectivity index (χ1n) is 10.1. The molecule has 3 nitrogen and oxygen atoms in total. The van der Waals surface area contributed by atoms with E-state index in [1.807, 2.05) is 26.0 Å². The second-order valence-electron chi connectivity index (χ2n) is 8.35. The molecule has 0 unspecified atom stereocenters. The van der Waals surface area contributed by atoms with Crippen molar-refractivity contribution in [1.82, 2.24) is 4.90 Å². The highest BCUT2D eigenvalue weighted by Crippen LogP contribution is 2.68. The summed E-state index contributed by atoms with van der Waals surface area (Å²) in [5.41, 5.74) is 1.24. The quantitative estimate of drug-likeness (QED) is 0.665. The van der Waals surface area contributed by atoms with Gasteiger partial charge < -0.3 is 9.80 Å². The Bertz CT molecular complexity index is 949. The van der Waals surface area contributed by atoms with Crippen molar-refractivity contribution in [1.29, 1.82) is 0 Å². The molecule has 2 aliphatic rings. The van der Waals surface area contributed by atoms with E-state index in [-0.39, 0.29) is 19.5 Å². The topological polar surface area (TPSA) is 23.6 Å². The lowest BCUT2D eigenvalue weighted by molar-refractivity contribution is -0.200. The van der Waals surface area contributed by atoms with Gasteiger partial charge in [-0.2, -0.15) is 13.2 Å². The monoisotopic (exact) mass is 420 g/mol. The van der Waals surface area contributed by atoms with Gasteiger partial charge in [0.05, 0.1) is 0 Å². The number of benzene rings is 2. The second-order valence-corrected chi connectivity index (χ2v) is 8.35. The fraction of sp³-hybridized carbons (Fsp3) is 0.435. The molecule has 1 amide bonds. The molecule has 0 aromatic heterocycles. The fourth-order valence-electron chi connectivity index (χ4n) is 4.52. The molecule has 160 valence electrons. The van der Waals surface area contributed by atoms with Crippen LogP contribution in [0.15, 0.2) is 42.5 Å². The predicted molar refractivity (Wildman–Crippen MR) is 107 cm³/mol. The summed E-state index contributed by atoms with van der Waals surface area (Å²) in [7, 11) is 0. The first-order valence-corrected chi connectivity index (χ1v) is 10.1. The molecular formula is C23H24F4N2O. The number of piperazine rings is 1. The number of halogens is 4. The number of hydrogen-bond acceptors (Lipinski definition) is 2. The van der Waals surface area contributed by atoms with Gasteiger partial charge in [-0.3, -0.25) is 4.79 Å². The first-order chi connectivity index (χ1) is 14.1. The van der Waals surface area contributed by atoms with Crippen LogP contribution in [0.2, 0.25) is 0 Å². The molecule has 30 heavy (non-hydrogen) atoms. The molecule has 0 N–H and O–H groups in total. The summed E-state index contributed by atoms with van der Waals surface area (Å²) in [5.74, 6) is -2.32. The Kier molecular flexibility index (Phi) is 5.03. The molecule has 2 fully saturated rings. The van der Waals surface area contributed by atoms with Gasteiger partial charge in [0.1, 0.15) is 5.82 Å². The standard InChI is InChI=1S/C23H24F4N2O/c1-15-3-4-16(2)20(13-15)28-9-11-29(12-10-28)21(30)22(23(25,26)27)14-19(22)17-5-7-18(24)8-6-17/h3-8,13,19H,9-12,14H2,1-2H3/t19-,22+/m1/s1. The Balaban J connectivity index is 1.51. The molecule has 1 aliphatic carbocycles. The lowest BCUT2D eigenvalue weighted by atomic mass is 9.96. The molecule has 0 spiro atoms. The number of hydrogen-bond donors (Lipinski definition) is 0. The van der Waals surface area contributed by atoms with Crippen molar-refractivity contribution in [2.75, 3.05) is 31.1 Å². The van der Waals surface area contributed by atoms with Gasteiger partial charge in [0, 0.05) is 37.8 Å². The fourth-order valence-corrected chi connectivity index (χ4v) is 4.52. The Morgan fingerprint density at radius 1 is 1.00 bits per heavy atom. The Hall–Kier alpha value is -2.57. The molecule has 4 rings (SSSR count). The second kappa shape index (κ2) is 7.29. The van der Waals surface area contributed by atoms with Crippen LogP contribution in [0.4, 0.5) is 23.2 Å². The van der Waals surface area contributed by atoms with Gasteiger partial charge in [-0.05, 0) is 55.2 Å². The molecular weight excluding hydrogens is 396 g/mol. The molecule has 0 radical (unpaired) electrons. The van der Waals surface area contributed by atoms with Crippen molar-refractivity contribution in [2.24, 2.45) is 5.41 Å². The van der Waals surface area contributed by atoms with Crippen LogP contribution in [-0.2, 0) is 4.79 Å². The summed E-state index contributed by atoms with van der Waals surface area (Å²) in [5, 5.41) is 0. The van der Waals surface area contributed by atoms with Gasteiger partial charge in [0.15, 0.2) is 5.41 Å². The zero-order valence-electron chi connectivity index (χ0n) is 17.0. The van der Waals surface area contributed by atoms with Crippen LogP contribution in [-0.4, -0.2) is 43.2 Å². The highest BCUT2D eigenvalue weighted by Gasteiger charge is 2.76. The van der Waals surface area contributed by atoms with Crippen molar-refractivity contribution in [3.05, 3.63) is 65.0 Å². The third-order valence-electron chi connectivity index (χ3n) is 6.39. The van der Waals surface area contributed by atoms with Gasteiger partial charge >= 0.3 is 6.18 Å². The van der Waals surface area contributed by atoms with E-state index in [4.69, 9.17) is 0 Å². The zero-order valence-corrected chi connectivity index (χ0v) is 17.0. The van der Waals surface area contributed by atoms with Crippen molar-refractivity contribution >= 4 is 11.6 Å². The number of amides is 1. The van der Waals surface area contributed by atoms with E-state index in [9.17, 15) is 22.4 Å². The summed E-state index contributed by atoms with van der Waals surface area (Å²) < 4.78 is 55.2. The predicted octanol–water partition coefficient (Wildman–Crippen LogP) is 4.83. The molecule has 7 heteroatoms. The number of alkyl halides is 3. The van der Waals surface area contributed by atoms with E-state index < -0.39 is 29.2 Å². The summed E-state index contributed by atoms with van der Waals surface area (Å²) >= 11 is 0. The Labute approximate surface area is 173 Å². The molecule has 2 atom stereocenters. The smallest absolute Gasteiger partial charge is 0.368 e. The number of carbonyl (C=O) groups is 1. The lowest BCUT2D eigenvalue weighted by Crippen LogP contribution is -2.53. The van der Waals surface area contributed by atoms with E-state index in [2.05, 4.69) is 11.0 Å². The third kappa shape index (κ3) is 3.44. The number of carbonyl (C=O) groups excluding carboxylic acids is 1. The zero-order chi connectivity index (χ0) is 21.7. The SMILES string of the molecule is Cc1ccc(C)c(N2CCN(C(=O)[C@]3(C(F)(F)F)C[C@@H]3c3ccc(F)cc3)CC2)c1. The summed E-state index contributed by atoms with van der Waals surface area (Å²) in [4.78, 5) is 16.5. The van der Waals surface area contributed by atoms with E-state index >= 15 is 0 Å². The van der Waals surface area contributed by atoms with Gasteiger partial charge in [-0.15, -0.1) is 0 Å². The first kappa shape index (κ1) is 20.7. The number of rotatable bonds is 3. The van der Waals surface area contributed by atoms with Crippen LogP contribution in [0.3, 0.4) is 0 Å². The van der Waals surface area contributed by atoms with Crippen LogP contribution in [0.25, 0.3) is 0 Å². The Morgan fingerprint density at radius 3 is 2.23 bits per heavy atom. The van der Waals surface area contributed by atoms with E-state index in [1.165, 1.54) is 17.0 Å². The molecule has 2 aromatic carbocycles. The molecule has 1 saturated carbocycles. The molecule has 0 bridgehead atoms. The maximum Gasteiger partial charge on any atom is 0.403 e. The van der Waals surface area contributed by atoms with Gasteiger partial charge in [-0.1, -0.05) is 24.3 Å². The number of anilines is 1. The average Bonchev–Trinajstić information content (AvgIpc) is 3.47. The van der Waals surface area contributed by atoms with Crippen molar-refractivity contribution in [3.8, 4) is 0 Å². The molecule has 1 aliphatic heterocycles. The van der Waals surface area contributed by atoms with Gasteiger partial charge in [0.25, 0.3) is 0 Å². The average molecular weight is 420 g/mol. The van der Waals surface area contributed by atoms with E-state index in [0.29, 0.717) is 18.7 Å². The van der Waals surface area contributed by atoms with Gasteiger partial charge in [-0.25, -0.2) is 4.39 Å². The van der Waals surface area contributed by atoms with Crippen molar-refractivity contribution in [3.63, 3.8) is 0 Å². The van der Waals surface area contributed by atoms with Crippen LogP contribution >= 0.6 is 0 Å². The van der Waals surface area contributed by atoms with Crippen molar-refractivity contribution < 1.29 is 22.4 Å². The highest BCUT2D eigenvalue weighted by atomic mass is 19.4. The van der Waals surface area contributed by atoms with Crippen LogP contribution in [0, 0.1) is 25.1 Å². The molecule has 2 aromatic rings. The maximum absolute atomic E-state index is 14.0. The Morgan fingerprint density at radius 2 is 1.63 bits per heavy atom. The van der Waals surface area contributed by atoms with E-state index in [0.717, 1.165) is 28.9 Å².